The molecule has 126 valence electrons. The number of hydrogen-bond donors (Lipinski definition) is 2. The smallest absolute Gasteiger partial charge is 0.269 e. The van der Waals surface area contributed by atoms with E-state index in [1.165, 1.54) is 6.33 Å². The van der Waals surface area contributed by atoms with Gasteiger partial charge in [0.25, 0.3) is 11.8 Å². The minimum atomic E-state index is -0.560. The molecule has 1 fully saturated rings. The number of H-pyrrole nitrogens is 1. The Morgan fingerprint density at radius 3 is 3.00 bits per heavy atom. The Morgan fingerprint density at radius 2 is 2.29 bits per heavy atom. The van der Waals surface area contributed by atoms with E-state index in [0.29, 0.717) is 25.1 Å². The van der Waals surface area contributed by atoms with Crippen molar-refractivity contribution >= 4 is 11.8 Å². The van der Waals surface area contributed by atoms with Crippen LogP contribution < -0.4 is 5.73 Å². The van der Waals surface area contributed by atoms with E-state index < -0.39 is 5.91 Å². The monoisotopic (exact) mass is 328 g/mol. The Morgan fingerprint density at radius 1 is 1.46 bits per heavy atom. The van der Waals surface area contributed by atoms with Crippen molar-refractivity contribution in [3.05, 3.63) is 41.2 Å². The average molecular weight is 328 g/mol. The summed E-state index contributed by atoms with van der Waals surface area (Å²) >= 11 is 0. The average Bonchev–Trinajstić information content (AvgIpc) is 3.11. The standard InChI is InChI=1S/C16H20N6O2/c1-2-12-11(7-18-9-19-12)16(24)22-5-3-4-10(8-22)13-6-14(15(17)23)21-20-13/h6-7,9-10H,2-5,8H2,1H3,(H2,17,23)(H,20,21)/t10-/m0/s1. The van der Waals surface area contributed by atoms with Gasteiger partial charge in [-0.25, -0.2) is 9.97 Å². The van der Waals surface area contributed by atoms with Crippen LogP contribution in [0.5, 0.6) is 0 Å². The lowest BCUT2D eigenvalue weighted by Crippen LogP contribution is -2.39. The van der Waals surface area contributed by atoms with Gasteiger partial charge in [-0.2, -0.15) is 5.10 Å². The largest absolute Gasteiger partial charge is 0.364 e. The van der Waals surface area contributed by atoms with Crippen molar-refractivity contribution < 1.29 is 9.59 Å². The summed E-state index contributed by atoms with van der Waals surface area (Å²) in [6, 6.07) is 1.67. The van der Waals surface area contributed by atoms with Gasteiger partial charge < -0.3 is 10.6 Å². The zero-order valence-corrected chi connectivity index (χ0v) is 13.5. The Balaban J connectivity index is 1.77. The molecule has 0 aliphatic carbocycles. The summed E-state index contributed by atoms with van der Waals surface area (Å²) in [6.07, 6.45) is 5.54. The van der Waals surface area contributed by atoms with Crippen LogP contribution in [0.3, 0.4) is 0 Å². The summed E-state index contributed by atoms with van der Waals surface area (Å²) in [5, 5.41) is 6.79. The first-order chi connectivity index (χ1) is 11.6. The fraction of sp³-hybridized carbons (Fsp3) is 0.438. The van der Waals surface area contributed by atoms with Crippen molar-refractivity contribution in [2.24, 2.45) is 5.73 Å². The molecule has 24 heavy (non-hydrogen) atoms. The Labute approximate surface area is 139 Å². The van der Waals surface area contributed by atoms with Crippen molar-refractivity contribution in [3.8, 4) is 0 Å². The van der Waals surface area contributed by atoms with Gasteiger partial charge in [-0.1, -0.05) is 6.92 Å². The van der Waals surface area contributed by atoms with Gasteiger partial charge in [-0.05, 0) is 25.3 Å². The number of nitrogens with zero attached hydrogens (tertiary/aromatic N) is 4. The molecule has 0 radical (unpaired) electrons. The molecule has 3 rings (SSSR count). The number of carbonyl (C=O) groups excluding carboxylic acids is 2. The number of carbonyl (C=O) groups is 2. The number of likely N-dealkylation sites (tertiary alicyclic amines) is 1. The minimum Gasteiger partial charge on any atom is -0.364 e. The summed E-state index contributed by atoms with van der Waals surface area (Å²) in [4.78, 5) is 34.0. The number of aromatic amines is 1. The lowest BCUT2D eigenvalue weighted by molar-refractivity contribution is 0.0703. The summed E-state index contributed by atoms with van der Waals surface area (Å²) < 4.78 is 0. The van der Waals surface area contributed by atoms with E-state index in [2.05, 4.69) is 20.2 Å². The molecule has 8 heteroatoms. The van der Waals surface area contributed by atoms with Gasteiger partial charge in [-0.15, -0.1) is 0 Å². The predicted octanol–water partition coefficient (Wildman–Crippen LogP) is 0.881. The summed E-state index contributed by atoms with van der Waals surface area (Å²) in [5.41, 5.74) is 7.61. The maximum absolute atomic E-state index is 12.8. The lowest BCUT2D eigenvalue weighted by Gasteiger charge is -2.32. The van der Waals surface area contributed by atoms with E-state index in [1.807, 2.05) is 11.8 Å². The van der Waals surface area contributed by atoms with Gasteiger partial charge in [0.2, 0.25) is 0 Å². The number of primary amides is 1. The molecule has 0 bridgehead atoms. The topological polar surface area (TPSA) is 118 Å². The SMILES string of the molecule is CCc1ncncc1C(=O)N1CCC[C@H](c2cc(C(N)=O)n[nH]2)C1. The zero-order valence-electron chi connectivity index (χ0n) is 13.5. The van der Waals surface area contributed by atoms with Crippen molar-refractivity contribution in [2.75, 3.05) is 13.1 Å². The van der Waals surface area contributed by atoms with E-state index in [0.717, 1.165) is 24.2 Å². The van der Waals surface area contributed by atoms with Crippen LogP contribution in [-0.4, -0.2) is 50.0 Å². The Bertz CT molecular complexity index is 757. The van der Waals surface area contributed by atoms with Crippen LogP contribution in [0.1, 0.15) is 57.9 Å². The summed E-state index contributed by atoms with van der Waals surface area (Å²) in [6.45, 7) is 3.23. The first kappa shape index (κ1) is 16.1. The second-order valence-electron chi connectivity index (χ2n) is 5.90. The minimum absolute atomic E-state index is 0.0493. The second-order valence-corrected chi connectivity index (χ2v) is 5.90. The summed E-state index contributed by atoms with van der Waals surface area (Å²) in [5.74, 6) is -0.500. The third-order valence-electron chi connectivity index (χ3n) is 4.36. The molecular formula is C16H20N6O2. The molecule has 3 heterocycles. The number of amides is 2. The molecule has 3 N–H and O–H groups in total. The van der Waals surface area contributed by atoms with E-state index in [-0.39, 0.29) is 17.5 Å². The number of nitrogens with two attached hydrogens (primary N) is 1. The molecule has 0 saturated carbocycles. The number of aryl methyl sites for hydroxylation is 1. The van der Waals surface area contributed by atoms with Gasteiger partial charge in [0.1, 0.15) is 12.0 Å². The number of rotatable bonds is 4. The Hall–Kier alpha value is -2.77. The highest BCUT2D eigenvalue weighted by Crippen LogP contribution is 2.27. The third-order valence-corrected chi connectivity index (χ3v) is 4.36. The molecule has 2 aromatic rings. The molecule has 0 unspecified atom stereocenters. The molecule has 1 atom stereocenters. The fourth-order valence-corrected chi connectivity index (χ4v) is 3.07. The van der Waals surface area contributed by atoms with E-state index in [1.54, 1.807) is 12.3 Å². The maximum atomic E-state index is 12.8. The third kappa shape index (κ3) is 3.12. The fourth-order valence-electron chi connectivity index (χ4n) is 3.07. The van der Waals surface area contributed by atoms with E-state index in [4.69, 9.17) is 5.73 Å². The van der Waals surface area contributed by atoms with Crippen molar-refractivity contribution in [3.63, 3.8) is 0 Å². The van der Waals surface area contributed by atoms with Gasteiger partial charge in [0.15, 0.2) is 0 Å². The predicted molar refractivity (Wildman–Crippen MR) is 86.4 cm³/mol. The second kappa shape index (κ2) is 6.77. The molecule has 0 aromatic carbocycles. The molecular weight excluding hydrogens is 308 g/mol. The highest BCUT2D eigenvalue weighted by Gasteiger charge is 2.28. The molecule has 1 aliphatic rings. The summed E-state index contributed by atoms with van der Waals surface area (Å²) in [7, 11) is 0. The zero-order chi connectivity index (χ0) is 17.1. The Kier molecular flexibility index (Phi) is 4.54. The number of aromatic nitrogens is 4. The first-order valence-electron chi connectivity index (χ1n) is 8.03. The van der Waals surface area contributed by atoms with Crippen LogP contribution in [0.15, 0.2) is 18.6 Å². The molecule has 2 amide bonds. The highest BCUT2D eigenvalue weighted by atomic mass is 16.2. The van der Waals surface area contributed by atoms with Crippen LogP contribution in [0.4, 0.5) is 0 Å². The lowest BCUT2D eigenvalue weighted by atomic mass is 9.94. The van der Waals surface area contributed by atoms with Crippen molar-refractivity contribution in [1.29, 1.82) is 0 Å². The van der Waals surface area contributed by atoms with Crippen LogP contribution in [0, 0.1) is 0 Å². The molecule has 2 aromatic heterocycles. The van der Waals surface area contributed by atoms with E-state index in [9.17, 15) is 9.59 Å². The quantitative estimate of drug-likeness (QED) is 0.864. The molecule has 0 spiro atoms. The van der Waals surface area contributed by atoms with E-state index >= 15 is 0 Å². The van der Waals surface area contributed by atoms with Crippen LogP contribution in [0.25, 0.3) is 0 Å². The molecule has 8 nitrogen and oxygen atoms in total. The van der Waals surface area contributed by atoms with Crippen molar-refractivity contribution in [1.82, 2.24) is 25.1 Å². The first-order valence-corrected chi connectivity index (χ1v) is 8.03. The number of piperidine rings is 1. The van der Waals surface area contributed by atoms with Crippen LogP contribution in [0.2, 0.25) is 0 Å². The van der Waals surface area contributed by atoms with Crippen LogP contribution >= 0.6 is 0 Å². The molecule has 1 saturated heterocycles. The number of hydrogen-bond acceptors (Lipinski definition) is 5. The maximum Gasteiger partial charge on any atom is 0.269 e. The molecule has 1 aliphatic heterocycles. The van der Waals surface area contributed by atoms with Gasteiger partial charge in [-0.3, -0.25) is 14.7 Å². The van der Waals surface area contributed by atoms with Gasteiger partial charge in [0.05, 0.1) is 11.3 Å². The number of nitrogens with one attached hydrogen (secondary N) is 1. The van der Waals surface area contributed by atoms with Gasteiger partial charge in [0, 0.05) is 30.9 Å². The van der Waals surface area contributed by atoms with Crippen molar-refractivity contribution in [2.45, 2.75) is 32.1 Å². The van der Waals surface area contributed by atoms with Crippen LogP contribution in [-0.2, 0) is 6.42 Å². The highest BCUT2D eigenvalue weighted by molar-refractivity contribution is 5.95. The normalized spacial score (nSPS) is 17.7. The van der Waals surface area contributed by atoms with Gasteiger partial charge >= 0.3 is 0 Å².